The van der Waals surface area contributed by atoms with Gasteiger partial charge < -0.3 is 19.2 Å². The minimum atomic E-state index is -0.0914. The lowest BCUT2D eigenvalue weighted by molar-refractivity contribution is 0.221. The Kier molecular flexibility index (Phi) is 4.92. The molecule has 7 nitrogen and oxygen atoms in total. The number of likely N-dealkylation sites (tertiary alicyclic amines) is 1. The molecule has 152 valence electrons. The molecule has 1 N–H and O–H groups in total. The third-order valence-corrected chi connectivity index (χ3v) is 6.09. The number of fused-ring (bicyclic) bond motifs is 1. The van der Waals surface area contributed by atoms with Gasteiger partial charge in [-0.3, -0.25) is 0 Å². The van der Waals surface area contributed by atoms with E-state index in [-0.39, 0.29) is 12.1 Å². The van der Waals surface area contributed by atoms with Gasteiger partial charge >= 0.3 is 6.03 Å². The first-order valence-corrected chi connectivity index (χ1v) is 11.0. The molecule has 1 fully saturated rings. The van der Waals surface area contributed by atoms with Gasteiger partial charge in [0, 0.05) is 29.9 Å². The first kappa shape index (κ1) is 18.7. The molecule has 1 aliphatic heterocycles. The number of urea groups is 1. The van der Waals surface area contributed by atoms with Crippen LogP contribution >= 0.6 is 11.8 Å². The Morgan fingerprint density at radius 1 is 1.20 bits per heavy atom. The summed E-state index contributed by atoms with van der Waals surface area (Å²) in [5, 5.41) is 3.00. The number of carbonyl (C=O) groups is 1. The predicted octanol–water partition coefficient (Wildman–Crippen LogP) is 4.89. The smallest absolute Gasteiger partial charge is 0.321 e. The van der Waals surface area contributed by atoms with Gasteiger partial charge in [0.15, 0.2) is 17.2 Å². The number of imidazole rings is 1. The Bertz CT molecular complexity index is 1170. The average Bonchev–Trinajstić information content (AvgIpc) is 3.52. The van der Waals surface area contributed by atoms with Gasteiger partial charge in [-0.15, -0.1) is 11.8 Å². The average molecular weight is 420 g/mol. The number of benzene rings is 1. The van der Waals surface area contributed by atoms with Crippen LogP contribution in [0.2, 0.25) is 0 Å². The lowest BCUT2D eigenvalue weighted by atomic mass is 10.2. The monoisotopic (exact) mass is 419 g/mol. The fourth-order valence-corrected chi connectivity index (χ4v) is 4.28. The van der Waals surface area contributed by atoms with E-state index in [4.69, 9.17) is 9.40 Å². The molecule has 30 heavy (non-hydrogen) atoms. The van der Waals surface area contributed by atoms with Gasteiger partial charge in [0.25, 0.3) is 0 Å². The standard InChI is InChI=1S/C22H21N5O2S/c1-30-17-8-6-15(7-9-17)24-22(28)26-12-10-16(14-26)27-20-18(4-2-11-23-20)25-21(27)19-5-3-13-29-19/h2-9,11,13,16H,10,12,14H2,1H3,(H,24,28)/t16-/m0/s1. The van der Waals surface area contributed by atoms with Crippen LogP contribution in [0.4, 0.5) is 10.5 Å². The van der Waals surface area contributed by atoms with Gasteiger partial charge in [-0.1, -0.05) is 0 Å². The second-order valence-electron chi connectivity index (χ2n) is 7.18. The fourth-order valence-electron chi connectivity index (χ4n) is 3.87. The molecule has 2 amide bonds. The summed E-state index contributed by atoms with van der Waals surface area (Å²) in [6.07, 6.45) is 6.27. The van der Waals surface area contributed by atoms with E-state index in [1.54, 1.807) is 24.2 Å². The maximum absolute atomic E-state index is 12.8. The molecule has 8 heteroatoms. The molecule has 0 spiro atoms. The van der Waals surface area contributed by atoms with E-state index in [0.29, 0.717) is 18.8 Å². The largest absolute Gasteiger partial charge is 0.461 e. The second kappa shape index (κ2) is 7.87. The number of hydrogen-bond acceptors (Lipinski definition) is 5. The zero-order valence-corrected chi connectivity index (χ0v) is 17.3. The second-order valence-corrected chi connectivity index (χ2v) is 8.06. The number of rotatable bonds is 4. The van der Waals surface area contributed by atoms with Crippen LogP contribution in [0.1, 0.15) is 12.5 Å². The van der Waals surface area contributed by atoms with Crippen LogP contribution < -0.4 is 5.32 Å². The number of hydrogen-bond donors (Lipinski definition) is 1. The molecule has 0 bridgehead atoms. The summed E-state index contributed by atoms with van der Waals surface area (Å²) in [6, 6.07) is 15.4. The highest BCUT2D eigenvalue weighted by Gasteiger charge is 2.31. The molecule has 0 radical (unpaired) electrons. The summed E-state index contributed by atoms with van der Waals surface area (Å²) >= 11 is 1.68. The number of amides is 2. The fraction of sp³-hybridized carbons (Fsp3) is 0.227. The van der Waals surface area contributed by atoms with Crippen molar-refractivity contribution in [1.29, 1.82) is 0 Å². The molecule has 1 aromatic carbocycles. The lowest BCUT2D eigenvalue weighted by Crippen LogP contribution is -2.33. The van der Waals surface area contributed by atoms with Gasteiger partial charge in [-0.25, -0.2) is 14.8 Å². The zero-order valence-electron chi connectivity index (χ0n) is 16.5. The van der Waals surface area contributed by atoms with Crippen molar-refractivity contribution in [1.82, 2.24) is 19.4 Å². The van der Waals surface area contributed by atoms with E-state index >= 15 is 0 Å². The van der Waals surface area contributed by atoms with Crippen molar-refractivity contribution < 1.29 is 9.21 Å². The van der Waals surface area contributed by atoms with Crippen molar-refractivity contribution in [2.45, 2.75) is 17.4 Å². The predicted molar refractivity (Wildman–Crippen MR) is 118 cm³/mol. The molecule has 1 aliphatic rings. The molecule has 0 aliphatic carbocycles. The Morgan fingerprint density at radius 3 is 2.83 bits per heavy atom. The normalized spacial score (nSPS) is 16.3. The molecule has 1 saturated heterocycles. The van der Waals surface area contributed by atoms with Crippen molar-refractivity contribution in [3.63, 3.8) is 0 Å². The summed E-state index contributed by atoms with van der Waals surface area (Å²) in [5.41, 5.74) is 2.43. The van der Waals surface area contributed by atoms with E-state index in [1.807, 2.05) is 59.7 Å². The van der Waals surface area contributed by atoms with Gasteiger partial charge in [-0.2, -0.15) is 0 Å². The maximum Gasteiger partial charge on any atom is 0.321 e. The number of anilines is 1. The van der Waals surface area contributed by atoms with E-state index in [1.165, 1.54) is 4.90 Å². The quantitative estimate of drug-likeness (QED) is 0.477. The molecule has 0 saturated carbocycles. The van der Waals surface area contributed by atoms with Crippen molar-refractivity contribution in [2.24, 2.45) is 0 Å². The Balaban J connectivity index is 1.38. The highest BCUT2D eigenvalue weighted by Crippen LogP contribution is 2.32. The zero-order chi connectivity index (χ0) is 20.5. The molecule has 5 rings (SSSR count). The van der Waals surface area contributed by atoms with Crippen molar-refractivity contribution in [3.05, 3.63) is 61.0 Å². The number of thioether (sulfide) groups is 1. The first-order valence-electron chi connectivity index (χ1n) is 9.80. The van der Waals surface area contributed by atoms with Gasteiger partial charge in [0.2, 0.25) is 0 Å². The summed E-state index contributed by atoms with van der Waals surface area (Å²) in [7, 11) is 0. The van der Waals surface area contributed by atoms with Crippen LogP contribution in [0.25, 0.3) is 22.7 Å². The molecule has 1 atom stereocenters. The number of nitrogens with one attached hydrogen (secondary N) is 1. The van der Waals surface area contributed by atoms with Gasteiger partial charge in [0.05, 0.1) is 12.3 Å². The summed E-state index contributed by atoms with van der Waals surface area (Å²) in [4.78, 5) is 25.1. The first-order chi connectivity index (χ1) is 14.7. The van der Waals surface area contributed by atoms with E-state index < -0.39 is 0 Å². The number of nitrogens with zero attached hydrogens (tertiary/aromatic N) is 4. The van der Waals surface area contributed by atoms with Crippen LogP contribution in [-0.2, 0) is 0 Å². The molecule has 3 aromatic heterocycles. The lowest BCUT2D eigenvalue weighted by Gasteiger charge is -2.19. The number of pyridine rings is 1. The molecule has 0 unspecified atom stereocenters. The van der Waals surface area contributed by atoms with Crippen LogP contribution in [-0.4, -0.2) is 44.8 Å². The third-order valence-electron chi connectivity index (χ3n) is 5.35. The highest BCUT2D eigenvalue weighted by atomic mass is 32.2. The molecular formula is C22H21N5O2S. The number of carbonyl (C=O) groups excluding carboxylic acids is 1. The van der Waals surface area contributed by atoms with Crippen LogP contribution in [0.15, 0.2) is 70.3 Å². The van der Waals surface area contributed by atoms with Crippen molar-refractivity contribution >= 4 is 34.6 Å². The van der Waals surface area contributed by atoms with E-state index in [0.717, 1.165) is 29.1 Å². The summed E-state index contributed by atoms with van der Waals surface area (Å²) in [6.45, 7) is 1.26. The van der Waals surface area contributed by atoms with Crippen molar-refractivity contribution in [2.75, 3.05) is 24.7 Å². The minimum Gasteiger partial charge on any atom is -0.461 e. The van der Waals surface area contributed by atoms with Gasteiger partial charge in [0.1, 0.15) is 5.52 Å². The van der Waals surface area contributed by atoms with E-state index in [2.05, 4.69) is 14.9 Å². The topological polar surface area (TPSA) is 76.2 Å². The Morgan fingerprint density at radius 2 is 2.07 bits per heavy atom. The van der Waals surface area contributed by atoms with Gasteiger partial charge in [-0.05, 0) is 61.2 Å². The van der Waals surface area contributed by atoms with Crippen LogP contribution in [0.3, 0.4) is 0 Å². The van der Waals surface area contributed by atoms with Crippen LogP contribution in [0, 0.1) is 0 Å². The molecule has 4 aromatic rings. The Labute approximate surface area is 178 Å². The summed E-state index contributed by atoms with van der Waals surface area (Å²) < 4.78 is 7.72. The number of furan rings is 1. The number of aromatic nitrogens is 3. The van der Waals surface area contributed by atoms with Crippen LogP contribution in [0.5, 0.6) is 0 Å². The Hall–Kier alpha value is -3.26. The summed E-state index contributed by atoms with van der Waals surface area (Å²) in [5.74, 6) is 1.44. The van der Waals surface area contributed by atoms with Crippen molar-refractivity contribution in [3.8, 4) is 11.6 Å². The third kappa shape index (κ3) is 3.43. The maximum atomic E-state index is 12.8. The molecule has 4 heterocycles. The SMILES string of the molecule is CSc1ccc(NC(=O)N2CC[C@H](n3c(-c4ccco4)nc4cccnc43)C2)cc1. The van der Waals surface area contributed by atoms with E-state index in [9.17, 15) is 4.79 Å². The minimum absolute atomic E-state index is 0.0783. The molecular weight excluding hydrogens is 398 g/mol. The highest BCUT2D eigenvalue weighted by molar-refractivity contribution is 7.98.